The molecule has 1 aromatic carbocycles. The highest BCUT2D eigenvalue weighted by molar-refractivity contribution is 6.00. The second kappa shape index (κ2) is 4.92. The number of ketones is 1. The lowest BCUT2D eigenvalue weighted by Crippen LogP contribution is -2.36. The first-order valence-corrected chi connectivity index (χ1v) is 6.59. The second-order valence-corrected chi connectivity index (χ2v) is 4.87. The Labute approximate surface area is 116 Å². The van der Waals surface area contributed by atoms with Crippen molar-refractivity contribution in [3.63, 3.8) is 0 Å². The van der Waals surface area contributed by atoms with Gasteiger partial charge in [0, 0.05) is 25.5 Å². The van der Waals surface area contributed by atoms with Crippen LogP contribution < -0.4 is 5.32 Å². The van der Waals surface area contributed by atoms with Gasteiger partial charge in [0.05, 0.1) is 6.54 Å². The van der Waals surface area contributed by atoms with Crippen molar-refractivity contribution in [2.75, 3.05) is 6.54 Å². The van der Waals surface area contributed by atoms with Gasteiger partial charge in [0.1, 0.15) is 11.4 Å². The van der Waals surface area contributed by atoms with Crippen LogP contribution in [0.15, 0.2) is 30.3 Å². The molecule has 1 aromatic heterocycles. The number of rotatable bonds is 3. The zero-order valence-corrected chi connectivity index (χ0v) is 11.2. The van der Waals surface area contributed by atoms with E-state index in [0.29, 0.717) is 30.9 Å². The van der Waals surface area contributed by atoms with Gasteiger partial charge in [0.25, 0.3) is 5.91 Å². The number of Topliss-reactive ketones (excluding diaryl/α,β-unsaturated/α-hetero) is 1. The molecule has 5 heteroatoms. The molecule has 0 fully saturated rings. The van der Waals surface area contributed by atoms with E-state index in [-0.39, 0.29) is 11.7 Å². The van der Waals surface area contributed by atoms with E-state index in [9.17, 15) is 9.59 Å². The number of carbonyl (C=O) groups excluding carboxylic acids is 2. The number of benzene rings is 1. The van der Waals surface area contributed by atoms with Crippen LogP contribution in [0.5, 0.6) is 0 Å². The van der Waals surface area contributed by atoms with E-state index in [2.05, 4.69) is 10.4 Å². The molecular weight excluding hydrogens is 254 g/mol. The van der Waals surface area contributed by atoms with E-state index in [1.807, 2.05) is 30.3 Å². The lowest BCUT2D eigenvalue weighted by Gasteiger charge is -2.15. The van der Waals surface area contributed by atoms with Crippen molar-refractivity contribution in [2.24, 2.45) is 0 Å². The van der Waals surface area contributed by atoms with Crippen LogP contribution in [0.1, 0.15) is 39.0 Å². The van der Waals surface area contributed by atoms with Gasteiger partial charge in [-0.05, 0) is 5.56 Å². The zero-order valence-electron chi connectivity index (χ0n) is 11.2. The molecular formula is C15H15N3O2. The summed E-state index contributed by atoms with van der Waals surface area (Å²) in [6.07, 6.45) is 0.540. The molecule has 0 aliphatic carbocycles. The smallest absolute Gasteiger partial charge is 0.269 e. The summed E-state index contributed by atoms with van der Waals surface area (Å²) < 4.78 is 1.65. The maximum Gasteiger partial charge on any atom is 0.269 e. The molecule has 0 spiro atoms. The minimum atomic E-state index is -0.151. The molecule has 2 heterocycles. The maximum atomic E-state index is 12.0. The fraction of sp³-hybridized carbons (Fsp3) is 0.267. The van der Waals surface area contributed by atoms with Crippen LogP contribution in [0.25, 0.3) is 0 Å². The number of nitrogens with zero attached hydrogens (tertiary/aromatic N) is 2. The molecule has 0 bridgehead atoms. The second-order valence-electron chi connectivity index (χ2n) is 4.87. The number of hydrogen-bond acceptors (Lipinski definition) is 3. The first-order chi connectivity index (χ1) is 9.66. The van der Waals surface area contributed by atoms with Gasteiger partial charge in [0.15, 0.2) is 5.78 Å². The molecule has 1 aliphatic heterocycles. The third kappa shape index (κ3) is 2.11. The predicted octanol–water partition coefficient (Wildman–Crippen LogP) is 1.42. The number of fused-ring (bicyclic) bond motifs is 1. The third-order valence-corrected chi connectivity index (χ3v) is 3.43. The molecule has 1 N–H and O–H groups in total. The number of carbonyl (C=O) groups is 2. The van der Waals surface area contributed by atoms with Crippen LogP contribution >= 0.6 is 0 Å². The molecule has 0 saturated carbocycles. The Morgan fingerprint density at radius 2 is 2.10 bits per heavy atom. The number of hydrogen-bond donors (Lipinski definition) is 1. The van der Waals surface area contributed by atoms with Crippen molar-refractivity contribution in [1.82, 2.24) is 15.1 Å². The van der Waals surface area contributed by atoms with E-state index < -0.39 is 0 Å². The number of amides is 1. The number of nitrogens with one attached hydrogen (secondary N) is 1. The van der Waals surface area contributed by atoms with Gasteiger partial charge in [-0.1, -0.05) is 30.3 Å². The van der Waals surface area contributed by atoms with Gasteiger partial charge in [-0.25, -0.2) is 0 Å². The Morgan fingerprint density at radius 1 is 1.35 bits per heavy atom. The van der Waals surface area contributed by atoms with Gasteiger partial charge < -0.3 is 5.32 Å². The van der Waals surface area contributed by atoms with Gasteiger partial charge in [-0.15, -0.1) is 0 Å². The molecule has 0 unspecified atom stereocenters. The molecule has 1 aliphatic rings. The average Bonchev–Trinajstić information content (AvgIpc) is 2.80. The Hall–Kier alpha value is -2.43. The number of aromatic nitrogens is 2. The largest absolute Gasteiger partial charge is 0.349 e. The lowest BCUT2D eigenvalue weighted by atomic mass is 10.0. The Bertz CT molecular complexity index is 674. The van der Waals surface area contributed by atoms with Crippen LogP contribution in [0.3, 0.4) is 0 Å². The van der Waals surface area contributed by atoms with Crippen LogP contribution in [0.4, 0.5) is 0 Å². The molecule has 0 radical (unpaired) electrons. The summed E-state index contributed by atoms with van der Waals surface area (Å²) in [7, 11) is 0. The standard InChI is InChI=1S/C15H15N3O2/c1-10(19)13-12(9-11-5-3-2-4-6-11)14-15(20)16-7-8-18(14)17-13/h2-6H,7-9H2,1H3,(H,16,20). The first kappa shape index (κ1) is 12.6. The van der Waals surface area contributed by atoms with E-state index in [1.54, 1.807) is 4.68 Å². The summed E-state index contributed by atoms with van der Waals surface area (Å²) in [4.78, 5) is 23.8. The topological polar surface area (TPSA) is 64.0 Å². The summed E-state index contributed by atoms with van der Waals surface area (Å²) in [5.74, 6) is -0.257. The van der Waals surface area contributed by atoms with E-state index in [4.69, 9.17) is 0 Å². The highest BCUT2D eigenvalue weighted by Crippen LogP contribution is 2.21. The Balaban J connectivity index is 2.10. The van der Waals surface area contributed by atoms with Crippen molar-refractivity contribution in [1.29, 1.82) is 0 Å². The fourth-order valence-corrected chi connectivity index (χ4v) is 2.52. The molecule has 3 rings (SSSR count). The minimum Gasteiger partial charge on any atom is -0.349 e. The average molecular weight is 269 g/mol. The van der Waals surface area contributed by atoms with Crippen molar-refractivity contribution in [3.8, 4) is 0 Å². The Morgan fingerprint density at radius 3 is 2.80 bits per heavy atom. The summed E-state index contributed by atoms with van der Waals surface area (Å²) in [5.41, 5.74) is 2.70. The molecule has 20 heavy (non-hydrogen) atoms. The minimum absolute atomic E-state index is 0.106. The SMILES string of the molecule is CC(=O)c1nn2c(c1Cc1ccccc1)C(=O)NCC2. The van der Waals surface area contributed by atoms with Gasteiger partial charge in [-0.2, -0.15) is 5.10 Å². The normalized spacial score (nSPS) is 13.8. The van der Waals surface area contributed by atoms with Gasteiger partial charge in [0.2, 0.25) is 0 Å². The summed E-state index contributed by atoms with van der Waals surface area (Å²) in [5, 5.41) is 7.11. The predicted molar refractivity (Wildman–Crippen MR) is 73.8 cm³/mol. The van der Waals surface area contributed by atoms with Crippen LogP contribution in [-0.4, -0.2) is 28.0 Å². The van der Waals surface area contributed by atoms with Crippen LogP contribution in [0, 0.1) is 0 Å². The Kier molecular flexibility index (Phi) is 3.10. The molecule has 102 valence electrons. The molecule has 1 amide bonds. The quantitative estimate of drug-likeness (QED) is 0.857. The van der Waals surface area contributed by atoms with Crippen molar-refractivity contribution in [2.45, 2.75) is 19.9 Å². The van der Waals surface area contributed by atoms with Crippen LogP contribution in [-0.2, 0) is 13.0 Å². The summed E-state index contributed by atoms with van der Waals surface area (Å²) in [6, 6.07) is 9.79. The zero-order chi connectivity index (χ0) is 14.1. The summed E-state index contributed by atoms with van der Waals surface area (Å²) in [6.45, 7) is 2.65. The van der Waals surface area contributed by atoms with Gasteiger partial charge in [-0.3, -0.25) is 14.3 Å². The van der Waals surface area contributed by atoms with Crippen molar-refractivity contribution >= 4 is 11.7 Å². The summed E-state index contributed by atoms with van der Waals surface area (Å²) >= 11 is 0. The molecule has 2 aromatic rings. The molecule has 5 nitrogen and oxygen atoms in total. The van der Waals surface area contributed by atoms with Crippen LogP contribution in [0.2, 0.25) is 0 Å². The third-order valence-electron chi connectivity index (χ3n) is 3.43. The van der Waals surface area contributed by atoms with Gasteiger partial charge >= 0.3 is 0 Å². The maximum absolute atomic E-state index is 12.0. The molecule has 0 atom stereocenters. The fourth-order valence-electron chi connectivity index (χ4n) is 2.52. The van der Waals surface area contributed by atoms with Crippen molar-refractivity contribution in [3.05, 3.63) is 52.8 Å². The highest BCUT2D eigenvalue weighted by Gasteiger charge is 2.27. The lowest BCUT2D eigenvalue weighted by molar-refractivity contribution is 0.0922. The van der Waals surface area contributed by atoms with E-state index in [0.717, 1.165) is 11.1 Å². The van der Waals surface area contributed by atoms with E-state index >= 15 is 0 Å². The first-order valence-electron chi connectivity index (χ1n) is 6.59. The molecule has 0 saturated heterocycles. The van der Waals surface area contributed by atoms with Crippen molar-refractivity contribution < 1.29 is 9.59 Å². The highest BCUT2D eigenvalue weighted by atomic mass is 16.2. The van der Waals surface area contributed by atoms with E-state index in [1.165, 1.54) is 6.92 Å². The monoisotopic (exact) mass is 269 g/mol.